The summed E-state index contributed by atoms with van der Waals surface area (Å²) in [5.74, 6) is -0.882. The van der Waals surface area contributed by atoms with Gasteiger partial charge in [-0.3, -0.25) is 19.8 Å². The maximum Gasteiger partial charge on any atom is 0.270 e. The molecule has 1 fully saturated rings. The van der Waals surface area contributed by atoms with Gasteiger partial charge < -0.3 is 4.57 Å². The van der Waals surface area contributed by atoms with Gasteiger partial charge in [0.05, 0.1) is 5.69 Å². The predicted molar refractivity (Wildman–Crippen MR) is 97.4 cm³/mol. The van der Waals surface area contributed by atoms with Crippen molar-refractivity contribution >= 4 is 40.9 Å². The zero-order valence-electron chi connectivity index (χ0n) is 13.4. The fourth-order valence-corrected chi connectivity index (χ4v) is 2.96. The third-order valence-corrected chi connectivity index (χ3v) is 4.17. The number of aromatic nitrogens is 1. The van der Waals surface area contributed by atoms with Crippen LogP contribution in [0, 0.1) is 0 Å². The number of aryl methyl sites for hydroxylation is 2. The normalized spacial score (nSPS) is 16.7. The maximum absolute atomic E-state index is 12.9. The Bertz CT molecular complexity index is 867. The number of carbonyl (C=O) groups excluding carboxylic acids is 2. The number of rotatable bonds is 3. The second-order valence-corrected chi connectivity index (χ2v) is 5.94. The molecule has 1 aliphatic rings. The lowest BCUT2D eigenvalue weighted by atomic mass is 10.1. The van der Waals surface area contributed by atoms with Crippen molar-refractivity contribution < 1.29 is 9.59 Å². The summed E-state index contributed by atoms with van der Waals surface area (Å²) in [4.78, 5) is 26.6. The molecule has 0 bridgehead atoms. The highest BCUT2D eigenvalue weighted by atomic mass is 32.1. The molecule has 1 aromatic heterocycles. The lowest BCUT2D eigenvalue weighted by Crippen LogP contribution is -2.54. The van der Waals surface area contributed by atoms with Crippen LogP contribution < -0.4 is 10.2 Å². The average Bonchev–Trinajstić information content (AvgIpc) is 2.97. The fraction of sp³-hybridized carbons (Fsp3) is 0.167. The molecule has 6 heteroatoms. The predicted octanol–water partition coefficient (Wildman–Crippen LogP) is 2.42. The van der Waals surface area contributed by atoms with E-state index >= 15 is 0 Å². The summed E-state index contributed by atoms with van der Waals surface area (Å²) in [6.45, 7) is 2.01. The third kappa shape index (κ3) is 2.88. The summed E-state index contributed by atoms with van der Waals surface area (Å²) in [6, 6.07) is 9.38. The second kappa shape index (κ2) is 6.41. The maximum atomic E-state index is 12.9. The fourth-order valence-electron chi connectivity index (χ4n) is 2.68. The van der Waals surface area contributed by atoms with Gasteiger partial charge in [0.25, 0.3) is 11.8 Å². The Hall–Kier alpha value is -2.73. The van der Waals surface area contributed by atoms with E-state index in [1.54, 1.807) is 6.08 Å². The summed E-state index contributed by atoms with van der Waals surface area (Å²) < 4.78 is 1.85. The molecule has 122 valence electrons. The number of thiocarbonyl (C=S) groups is 1. The third-order valence-electron chi connectivity index (χ3n) is 3.88. The molecular weight excluding hydrogens is 322 g/mol. The number of benzene rings is 1. The molecule has 2 amide bonds. The number of hydrogen-bond donors (Lipinski definition) is 1. The zero-order chi connectivity index (χ0) is 17.3. The Morgan fingerprint density at radius 3 is 2.62 bits per heavy atom. The second-order valence-electron chi connectivity index (χ2n) is 5.55. The summed E-state index contributed by atoms with van der Waals surface area (Å²) >= 11 is 5.23. The van der Waals surface area contributed by atoms with Gasteiger partial charge in [0.15, 0.2) is 5.11 Å². The standard InChI is InChI=1S/C18H17N3O2S/c1-3-13-6-4-5-7-15(13)21-17(23)14(16(22)19-18(21)24)10-12-8-9-20(2)11-12/h4-11H,3H2,1-2H3,(H,19,22,24)/b14-10-. The van der Waals surface area contributed by atoms with Gasteiger partial charge in [0.2, 0.25) is 0 Å². The Kier molecular flexibility index (Phi) is 4.31. The van der Waals surface area contributed by atoms with E-state index in [1.807, 2.05) is 61.3 Å². The van der Waals surface area contributed by atoms with Crippen molar-refractivity contribution in [2.24, 2.45) is 7.05 Å². The van der Waals surface area contributed by atoms with Crippen molar-refractivity contribution in [1.82, 2.24) is 9.88 Å². The van der Waals surface area contributed by atoms with Gasteiger partial charge in [-0.1, -0.05) is 25.1 Å². The molecule has 0 aliphatic carbocycles. The van der Waals surface area contributed by atoms with E-state index in [0.29, 0.717) is 5.69 Å². The van der Waals surface area contributed by atoms with Crippen molar-refractivity contribution in [2.75, 3.05) is 4.90 Å². The molecule has 5 nitrogen and oxygen atoms in total. The number of anilines is 1. The Morgan fingerprint density at radius 1 is 1.21 bits per heavy atom. The molecule has 2 aromatic rings. The van der Waals surface area contributed by atoms with Crippen LogP contribution in [-0.2, 0) is 23.1 Å². The van der Waals surface area contributed by atoms with E-state index in [-0.39, 0.29) is 10.7 Å². The number of nitrogens with one attached hydrogen (secondary N) is 1. The van der Waals surface area contributed by atoms with Crippen molar-refractivity contribution in [3.8, 4) is 0 Å². The topological polar surface area (TPSA) is 54.3 Å². The summed E-state index contributed by atoms with van der Waals surface area (Å²) in [7, 11) is 1.88. The van der Waals surface area contributed by atoms with Gasteiger partial charge in [-0.05, 0) is 48.0 Å². The van der Waals surface area contributed by atoms with Gasteiger partial charge >= 0.3 is 0 Å². The van der Waals surface area contributed by atoms with E-state index in [9.17, 15) is 9.59 Å². The number of nitrogens with zero attached hydrogens (tertiary/aromatic N) is 2. The average molecular weight is 339 g/mol. The van der Waals surface area contributed by atoms with Crippen LogP contribution >= 0.6 is 12.2 Å². The van der Waals surface area contributed by atoms with Gasteiger partial charge in [-0.2, -0.15) is 0 Å². The van der Waals surface area contributed by atoms with Gasteiger partial charge in [0.1, 0.15) is 5.57 Å². The molecule has 1 aliphatic heterocycles. The molecule has 0 spiro atoms. The van der Waals surface area contributed by atoms with Crippen molar-refractivity contribution in [2.45, 2.75) is 13.3 Å². The molecule has 1 saturated heterocycles. The first-order valence-corrected chi connectivity index (χ1v) is 8.03. The van der Waals surface area contributed by atoms with Crippen LogP contribution in [0.3, 0.4) is 0 Å². The molecule has 1 N–H and O–H groups in total. The smallest absolute Gasteiger partial charge is 0.270 e. The SMILES string of the molecule is CCc1ccccc1N1C(=O)/C(=C\c2ccn(C)c2)C(=O)NC1=S. The molecular formula is C18H17N3O2S. The summed E-state index contributed by atoms with van der Waals surface area (Å²) in [5.41, 5.74) is 2.55. The molecule has 0 saturated carbocycles. The first-order chi connectivity index (χ1) is 11.5. The van der Waals surface area contributed by atoms with Crippen molar-refractivity contribution in [1.29, 1.82) is 0 Å². The number of amides is 2. The molecule has 24 heavy (non-hydrogen) atoms. The Balaban J connectivity index is 2.05. The largest absolute Gasteiger partial charge is 0.357 e. The minimum absolute atomic E-state index is 0.0701. The Labute approximate surface area is 145 Å². The molecule has 1 aromatic carbocycles. The van der Waals surface area contributed by atoms with Crippen molar-refractivity contribution in [3.05, 3.63) is 59.4 Å². The molecule has 3 rings (SSSR count). The Morgan fingerprint density at radius 2 is 1.96 bits per heavy atom. The number of carbonyl (C=O) groups is 2. The monoisotopic (exact) mass is 339 g/mol. The lowest BCUT2D eigenvalue weighted by Gasteiger charge is -2.30. The van der Waals surface area contributed by atoms with Gasteiger partial charge in [-0.25, -0.2) is 0 Å². The minimum atomic E-state index is -0.473. The van der Waals surface area contributed by atoms with E-state index in [4.69, 9.17) is 12.2 Å². The van der Waals surface area contributed by atoms with Gasteiger partial charge in [-0.15, -0.1) is 0 Å². The van der Waals surface area contributed by atoms with Crippen LogP contribution in [0.4, 0.5) is 5.69 Å². The molecule has 2 heterocycles. The lowest BCUT2D eigenvalue weighted by molar-refractivity contribution is -0.122. The van der Waals surface area contributed by atoms with Crippen LogP contribution in [0.15, 0.2) is 48.3 Å². The van der Waals surface area contributed by atoms with Crippen LogP contribution in [0.5, 0.6) is 0 Å². The van der Waals surface area contributed by atoms with Crippen LogP contribution in [-0.4, -0.2) is 21.5 Å². The van der Waals surface area contributed by atoms with Crippen molar-refractivity contribution in [3.63, 3.8) is 0 Å². The van der Waals surface area contributed by atoms with Gasteiger partial charge in [0, 0.05) is 19.4 Å². The summed E-state index contributed by atoms with van der Waals surface area (Å²) in [5, 5.41) is 2.72. The van der Waals surface area contributed by atoms with Crippen LogP contribution in [0.25, 0.3) is 6.08 Å². The highest BCUT2D eigenvalue weighted by molar-refractivity contribution is 7.80. The highest BCUT2D eigenvalue weighted by Gasteiger charge is 2.35. The quantitative estimate of drug-likeness (QED) is 0.531. The minimum Gasteiger partial charge on any atom is -0.357 e. The highest BCUT2D eigenvalue weighted by Crippen LogP contribution is 2.26. The first-order valence-electron chi connectivity index (χ1n) is 7.62. The van der Waals surface area contributed by atoms with Crippen LogP contribution in [0.1, 0.15) is 18.1 Å². The van der Waals surface area contributed by atoms with E-state index in [0.717, 1.165) is 17.5 Å². The summed E-state index contributed by atoms with van der Waals surface area (Å²) in [6.07, 6.45) is 6.03. The van der Waals surface area contributed by atoms with E-state index < -0.39 is 11.8 Å². The van der Waals surface area contributed by atoms with E-state index in [1.165, 1.54) is 4.90 Å². The number of para-hydroxylation sites is 1. The molecule has 0 radical (unpaired) electrons. The number of hydrogen-bond acceptors (Lipinski definition) is 3. The van der Waals surface area contributed by atoms with E-state index in [2.05, 4.69) is 5.32 Å². The first kappa shape index (κ1) is 16.1. The zero-order valence-corrected chi connectivity index (χ0v) is 14.3. The van der Waals surface area contributed by atoms with Crippen LogP contribution in [0.2, 0.25) is 0 Å². The molecule has 0 atom stereocenters. The molecule has 0 unspecified atom stereocenters.